The SMILES string of the molecule is CCc1ccc(S(=O)(=O)NC[C@H](O)c2ccccc2)cc1. The first-order valence-electron chi connectivity index (χ1n) is 6.84. The Bertz CT molecular complexity index is 666. The van der Waals surface area contributed by atoms with E-state index in [0.717, 1.165) is 12.0 Å². The van der Waals surface area contributed by atoms with Gasteiger partial charge in [-0.05, 0) is 29.7 Å². The molecule has 0 unspecified atom stereocenters. The van der Waals surface area contributed by atoms with Gasteiger partial charge in [0.05, 0.1) is 11.0 Å². The second kappa shape index (κ2) is 6.85. The van der Waals surface area contributed by atoms with E-state index in [1.54, 1.807) is 48.5 Å². The summed E-state index contributed by atoms with van der Waals surface area (Å²) in [5.74, 6) is 0. The van der Waals surface area contributed by atoms with Gasteiger partial charge in [-0.25, -0.2) is 13.1 Å². The summed E-state index contributed by atoms with van der Waals surface area (Å²) in [5.41, 5.74) is 1.76. The van der Waals surface area contributed by atoms with Crippen molar-refractivity contribution in [2.45, 2.75) is 24.3 Å². The van der Waals surface area contributed by atoms with Crippen molar-refractivity contribution in [2.75, 3.05) is 6.54 Å². The Morgan fingerprint density at radius 3 is 2.24 bits per heavy atom. The molecule has 5 heteroatoms. The molecule has 0 aliphatic rings. The topological polar surface area (TPSA) is 66.4 Å². The quantitative estimate of drug-likeness (QED) is 0.860. The van der Waals surface area contributed by atoms with Gasteiger partial charge < -0.3 is 5.11 Å². The maximum absolute atomic E-state index is 12.1. The van der Waals surface area contributed by atoms with E-state index in [-0.39, 0.29) is 11.4 Å². The number of nitrogens with one attached hydrogen (secondary N) is 1. The lowest BCUT2D eigenvalue weighted by Crippen LogP contribution is -2.28. The molecule has 0 heterocycles. The molecule has 0 aromatic heterocycles. The summed E-state index contributed by atoms with van der Waals surface area (Å²) in [6, 6.07) is 15.7. The highest BCUT2D eigenvalue weighted by molar-refractivity contribution is 7.89. The number of aliphatic hydroxyl groups excluding tert-OH is 1. The van der Waals surface area contributed by atoms with Crippen LogP contribution in [0.25, 0.3) is 0 Å². The molecular formula is C16H19NO3S. The van der Waals surface area contributed by atoms with Crippen molar-refractivity contribution in [1.29, 1.82) is 0 Å². The summed E-state index contributed by atoms with van der Waals surface area (Å²) in [4.78, 5) is 0.208. The standard InChI is InChI=1S/C16H19NO3S/c1-2-13-8-10-15(11-9-13)21(19,20)17-12-16(18)14-6-4-3-5-7-14/h3-11,16-18H,2,12H2,1H3/t16-/m0/s1. The van der Waals surface area contributed by atoms with Gasteiger partial charge in [0.15, 0.2) is 0 Å². The average molecular weight is 305 g/mol. The van der Waals surface area contributed by atoms with E-state index in [2.05, 4.69) is 4.72 Å². The normalized spacial score (nSPS) is 13.0. The molecule has 0 spiro atoms. The molecule has 2 aromatic rings. The van der Waals surface area contributed by atoms with Gasteiger partial charge in [-0.15, -0.1) is 0 Å². The van der Waals surface area contributed by atoms with Gasteiger partial charge >= 0.3 is 0 Å². The van der Waals surface area contributed by atoms with Gasteiger partial charge in [-0.2, -0.15) is 0 Å². The molecule has 0 fully saturated rings. The van der Waals surface area contributed by atoms with Crippen LogP contribution in [0.3, 0.4) is 0 Å². The van der Waals surface area contributed by atoms with Crippen LogP contribution < -0.4 is 4.72 Å². The van der Waals surface area contributed by atoms with Crippen LogP contribution in [0.15, 0.2) is 59.5 Å². The summed E-state index contributed by atoms with van der Waals surface area (Å²) >= 11 is 0. The number of aliphatic hydroxyl groups is 1. The summed E-state index contributed by atoms with van der Waals surface area (Å²) in [7, 11) is -3.60. The molecule has 4 nitrogen and oxygen atoms in total. The van der Waals surface area contributed by atoms with Gasteiger partial charge in [0.25, 0.3) is 0 Å². The maximum Gasteiger partial charge on any atom is 0.240 e. The number of hydrogen-bond donors (Lipinski definition) is 2. The van der Waals surface area contributed by atoms with Crippen molar-refractivity contribution in [3.05, 3.63) is 65.7 Å². The number of aryl methyl sites for hydroxylation is 1. The van der Waals surface area contributed by atoms with Crippen molar-refractivity contribution in [3.63, 3.8) is 0 Å². The van der Waals surface area contributed by atoms with Crippen LogP contribution in [0.1, 0.15) is 24.2 Å². The third kappa shape index (κ3) is 4.14. The molecular weight excluding hydrogens is 286 g/mol. The molecule has 0 saturated carbocycles. The van der Waals surface area contributed by atoms with E-state index in [9.17, 15) is 13.5 Å². The van der Waals surface area contributed by atoms with E-state index in [4.69, 9.17) is 0 Å². The second-order valence-corrected chi connectivity index (χ2v) is 6.54. The Hall–Kier alpha value is -1.69. The molecule has 0 aliphatic carbocycles. The van der Waals surface area contributed by atoms with Gasteiger partial charge in [0.2, 0.25) is 10.0 Å². The van der Waals surface area contributed by atoms with E-state index in [1.165, 1.54) is 0 Å². The molecule has 1 atom stereocenters. The van der Waals surface area contributed by atoms with Crippen LogP contribution in [0.4, 0.5) is 0 Å². The largest absolute Gasteiger partial charge is 0.387 e. The molecule has 0 amide bonds. The minimum absolute atomic E-state index is 0.0537. The van der Waals surface area contributed by atoms with Crippen molar-refractivity contribution < 1.29 is 13.5 Å². The van der Waals surface area contributed by atoms with Crippen molar-refractivity contribution in [3.8, 4) is 0 Å². The fraction of sp³-hybridized carbons (Fsp3) is 0.250. The van der Waals surface area contributed by atoms with Crippen molar-refractivity contribution in [1.82, 2.24) is 4.72 Å². The Kier molecular flexibility index (Phi) is 5.12. The predicted octanol–water partition coefficient (Wildman–Crippen LogP) is 2.26. The molecule has 21 heavy (non-hydrogen) atoms. The minimum atomic E-state index is -3.60. The van der Waals surface area contributed by atoms with Crippen LogP contribution in [-0.4, -0.2) is 20.1 Å². The molecule has 2 N–H and O–H groups in total. The first-order valence-corrected chi connectivity index (χ1v) is 8.33. The number of sulfonamides is 1. The third-order valence-corrected chi connectivity index (χ3v) is 4.73. The zero-order chi connectivity index (χ0) is 15.3. The van der Waals surface area contributed by atoms with E-state index < -0.39 is 16.1 Å². The third-order valence-electron chi connectivity index (χ3n) is 3.29. The summed E-state index contributed by atoms with van der Waals surface area (Å²) in [6.07, 6.45) is -0.00333. The Balaban J connectivity index is 2.04. The molecule has 112 valence electrons. The fourth-order valence-electron chi connectivity index (χ4n) is 1.97. The van der Waals surface area contributed by atoms with Crippen LogP contribution in [0, 0.1) is 0 Å². The average Bonchev–Trinajstić information content (AvgIpc) is 2.53. The molecule has 2 aromatic carbocycles. The monoisotopic (exact) mass is 305 g/mol. The Morgan fingerprint density at radius 2 is 1.67 bits per heavy atom. The summed E-state index contributed by atoms with van der Waals surface area (Å²) in [5, 5.41) is 9.99. The van der Waals surface area contributed by atoms with Crippen molar-refractivity contribution in [2.24, 2.45) is 0 Å². The second-order valence-electron chi connectivity index (χ2n) is 4.78. The summed E-state index contributed by atoms with van der Waals surface area (Å²) < 4.78 is 26.7. The molecule has 2 rings (SSSR count). The number of hydrogen-bond acceptors (Lipinski definition) is 3. The molecule has 0 radical (unpaired) electrons. The van der Waals surface area contributed by atoms with Gasteiger partial charge in [-0.1, -0.05) is 49.4 Å². The first kappa shape index (κ1) is 15.7. The number of benzene rings is 2. The molecule has 0 bridgehead atoms. The predicted molar refractivity (Wildman–Crippen MR) is 82.4 cm³/mol. The highest BCUT2D eigenvalue weighted by Crippen LogP contribution is 2.14. The Morgan fingerprint density at radius 1 is 1.05 bits per heavy atom. The van der Waals surface area contributed by atoms with Crippen LogP contribution >= 0.6 is 0 Å². The van der Waals surface area contributed by atoms with Crippen LogP contribution in [0.2, 0.25) is 0 Å². The molecule has 0 aliphatic heterocycles. The first-order chi connectivity index (χ1) is 10.0. The van der Waals surface area contributed by atoms with Crippen molar-refractivity contribution >= 4 is 10.0 Å². The zero-order valence-electron chi connectivity index (χ0n) is 11.9. The van der Waals surface area contributed by atoms with E-state index >= 15 is 0 Å². The smallest absolute Gasteiger partial charge is 0.240 e. The van der Waals surface area contributed by atoms with Gasteiger partial charge in [-0.3, -0.25) is 0 Å². The zero-order valence-corrected chi connectivity index (χ0v) is 12.7. The molecule has 0 saturated heterocycles. The van der Waals surface area contributed by atoms with Gasteiger partial charge in [0, 0.05) is 6.54 Å². The lowest BCUT2D eigenvalue weighted by molar-refractivity contribution is 0.182. The fourth-order valence-corrected chi connectivity index (χ4v) is 3.01. The Labute approximate surface area is 125 Å². The lowest BCUT2D eigenvalue weighted by Gasteiger charge is -2.12. The maximum atomic E-state index is 12.1. The number of rotatable bonds is 6. The van der Waals surface area contributed by atoms with E-state index in [0.29, 0.717) is 5.56 Å². The van der Waals surface area contributed by atoms with E-state index in [1.807, 2.05) is 13.0 Å². The van der Waals surface area contributed by atoms with Crippen LogP contribution in [-0.2, 0) is 16.4 Å². The minimum Gasteiger partial charge on any atom is -0.387 e. The van der Waals surface area contributed by atoms with Gasteiger partial charge in [0.1, 0.15) is 0 Å². The van der Waals surface area contributed by atoms with Crippen LogP contribution in [0.5, 0.6) is 0 Å². The highest BCUT2D eigenvalue weighted by atomic mass is 32.2. The lowest BCUT2D eigenvalue weighted by atomic mass is 10.1. The highest BCUT2D eigenvalue weighted by Gasteiger charge is 2.16. The summed E-state index contributed by atoms with van der Waals surface area (Å²) in [6.45, 7) is 1.96.